The summed E-state index contributed by atoms with van der Waals surface area (Å²) in [6, 6.07) is 0. The molecule has 0 bridgehead atoms. The summed E-state index contributed by atoms with van der Waals surface area (Å²) >= 11 is 0. The van der Waals surface area contributed by atoms with Crippen molar-refractivity contribution in [3.63, 3.8) is 0 Å². The Morgan fingerprint density at radius 2 is 1.62 bits per heavy atom. The van der Waals surface area contributed by atoms with Gasteiger partial charge in [-0.2, -0.15) is 0 Å². The van der Waals surface area contributed by atoms with Crippen LogP contribution in [0.3, 0.4) is 0 Å². The predicted molar refractivity (Wildman–Crippen MR) is 144 cm³/mol. The molecule has 1 aliphatic rings. The molecular weight excluding hydrogens is 423 g/mol. The van der Waals surface area contributed by atoms with Crippen LogP contribution in [0.5, 0.6) is 0 Å². The highest BCUT2D eigenvalue weighted by Gasteiger charge is 2.49. The largest absolute Gasteiger partial charge is 0.341 e. The second kappa shape index (κ2) is 10.9. The number of rotatable bonds is 9. The molecule has 1 N–H and O–H groups in total. The normalized spacial score (nSPS) is 28.7. The molecule has 5 nitrogen and oxygen atoms in total. The molecule has 0 aliphatic carbocycles. The second-order valence-electron chi connectivity index (χ2n) is 13.7. The van der Waals surface area contributed by atoms with Crippen LogP contribution in [0.15, 0.2) is 0 Å². The van der Waals surface area contributed by atoms with E-state index in [1.807, 2.05) is 13.8 Å². The zero-order valence-corrected chi connectivity index (χ0v) is 24.4. The van der Waals surface area contributed by atoms with Crippen LogP contribution in [0.4, 0.5) is 0 Å². The highest BCUT2D eigenvalue weighted by atomic mass is 16.1. The summed E-state index contributed by atoms with van der Waals surface area (Å²) in [6.07, 6.45) is 5.20. The molecule has 0 aromatic rings. The Balaban J connectivity index is 3.45. The van der Waals surface area contributed by atoms with Crippen LogP contribution in [0.25, 0.3) is 0 Å². The van der Waals surface area contributed by atoms with E-state index in [9.17, 15) is 14.4 Å². The van der Waals surface area contributed by atoms with Gasteiger partial charge in [0.25, 0.3) is 7.41 Å². The van der Waals surface area contributed by atoms with E-state index >= 15 is 0 Å². The Labute approximate surface area is 210 Å². The molecule has 34 heavy (non-hydrogen) atoms. The molecule has 0 aromatic carbocycles. The Morgan fingerprint density at radius 3 is 2.06 bits per heavy atom. The summed E-state index contributed by atoms with van der Waals surface area (Å²) in [7, 11) is 0.168. The maximum absolute atomic E-state index is 13.9. The quantitative estimate of drug-likeness (QED) is 0.368. The molecule has 1 fully saturated rings. The topological polar surface area (TPSA) is 66.5 Å². The highest BCUT2D eigenvalue weighted by Crippen LogP contribution is 2.47. The van der Waals surface area contributed by atoms with E-state index in [-0.39, 0.29) is 41.2 Å². The Morgan fingerprint density at radius 1 is 1.06 bits per heavy atom. The predicted octanol–water partition coefficient (Wildman–Crippen LogP) is 5.15. The minimum atomic E-state index is -0.692. The van der Waals surface area contributed by atoms with Gasteiger partial charge in [-0.15, -0.1) is 0 Å². The molecule has 1 aliphatic heterocycles. The first-order valence-electron chi connectivity index (χ1n) is 13.3. The van der Waals surface area contributed by atoms with Crippen LogP contribution < -0.4 is 5.23 Å². The smallest absolute Gasteiger partial charge is 0.286 e. The van der Waals surface area contributed by atoms with E-state index in [4.69, 9.17) is 0 Å². The van der Waals surface area contributed by atoms with Gasteiger partial charge in [0.05, 0.1) is 11.1 Å². The summed E-state index contributed by atoms with van der Waals surface area (Å²) in [6.45, 7) is 26.1. The van der Waals surface area contributed by atoms with Gasteiger partial charge in [0.1, 0.15) is 17.8 Å². The minimum absolute atomic E-state index is 0.0278. The van der Waals surface area contributed by atoms with Gasteiger partial charge in [-0.1, -0.05) is 48.5 Å². The SMILES string of the molecule is CCC(C)(NBC(=O)C(C)(CC)N1CC(C)CC(C)(C)CC(C=O)C(C)(C)CC1(C)C)C(C)=O. The lowest BCUT2D eigenvalue weighted by molar-refractivity contribution is -0.132. The third kappa shape index (κ3) is 7.03. The molecule has 6 heteroatoms. The fourth-order valence-electron chi connectivity index (χ4n) is 6.47. The number of nitrogens with one attached hydrogen (secondary N) is 1. The number of Topliss-reactive ketones (excluding diaryl/α,β-unsaturated/α-hetero) is 1. The van der Waals surface area contributed by atoms with Gasteiger partial charge in [0.15, 0.2) is 0 Å². The molecule has 0 amide bonds. The van der Waals surface area contributed by atoms with Gasteiger partial charge < -0.3 is 14.8 Å². The number of aldehydes is 1. The number of carbonyl (C=O) groups is 3. The lowest BCUT2D eigenvalue weighted by Crippen LogP contribution is -2.66. The van der Waals surface area contributed by atoms with Gasteiger partial charge in [0, 0.05) is 18.0 Å². The molecule has 1 heterocycles. The highest BCUT2D eigenvalue weighted by molar-refractivity contribution is 6.74. The van der Waals surface area contributed by atoms with Gasteiger partial charge in [0.2, 0.25) is 0 Å². The minimum Gasteiger partial charge on any atom is -0.341 e. The van der Waals surface area contributed by atoms with Crippen molar-refractivity contribution in [1.29, 1.82) is 0 Å². The molecule has 1 saturated heterocycles. The van der Waals surface area contributed by atoms with Crippen molar-refractivity contribution in [1.82, 2.24) is 10.1 Å². The summed E-state index contributed by atoms with van der Waals surface area (Å²) in [5.74, 6) is 0.408. The van der Waals surface area contributed by atoms with Crippen molar-refractivity contribution in [3.05, 3.63) is 0 Å². The first-order chi connectivity index (χ1) is 15.3. The fourth-order valence-corrected chi connectivity index (χ4v) is 6.47. The van der Waals surface area contributed by atoms with E-state index in [1.165, 1.54) is 0 Å². The van der Waals surface area contributed by atoms with Crippen molar-refractivity contribution in [2.45, 2.75) is 132 Å². The van der Waals surface area contributed by atoms with Gasteiger partial charge in [-0.05, 0) is 83.5 Å². The molecule has 0 spiro atoms. The summed E-state index contributed by atoms with van der Waals surface area (Å²) in [5.41, 5.74) is -1.66. The molecule has 4 unspecified atom stereocenters. The molecule has 1 rings (SSSR count). The fraction of sp³-hybridized carbons (Fsp3) is 0.893. The van der Waals surface area contributed by atoms with Crippen molar-refractivity contribution >= 4 is 25.2 Å². The van der Waals surface area contributed by atoms with E-state index in [2.05, 4.69) is 72.4 Å². The van der Waals surface area contributed by atoms with Gasteiger partial charge in [-0.3, -0.25) is 9.69 Å². The number of hydrogen-bond donors (Lipinski definition) is 1. The summed E-state index contributed by atoms with van der Waals surface area (Å²) in [4.78, 5) is 40.7. The maximum Gasteiger partial charge on any atom is 0.286 e. The lowest BCUT2D eigenvalue weighted by atomic mass is 9.62. The summed E-state index contributed by atoms with van der Waals surface area (Å²) < 4.78 is 0. The third-order valence-electron chi connectivity index (χ3n) is 8.96. The Kier molecular flexibility index (Phi) is 9.99. The average Bonchev–Trinajstić information content (AvgIpc) is 2.71. The van der Waals surface area contributed by atoms with E-state index in [0.717, 1.165) is 32.1 Å². The third-order valence-corrected chi connectivity index (χ3v) is 8.96. The standard InChI is InChI=1S/C28H53BN2O3/c1-13-27(11,21(4)33)30-29-23(34)28(12,14-2)31-17-20(3)15-24(5,6)16-22(18-32)25(7,8)19-26(31,9)10/h18,20,22,29-30H,13-17,19H2,1-12H3. The van der Waals surface area contributed by atoms with E-state index in [1.54, 1.807) is 6.92 Å². The number of nitrogens with zero attached hydrogens (tertiary/aromatic N) is 1. The zero-order chi connectivity index (χ0) is 26.8. The van der Waals surface area contributed by atoms with Gasteiger partial charge >= 0.3 is 0 Å². The van der Waals surface area contributed by atoms with Crippen molar-refractivity contribution in [2.24, 2.45) is 22.7 Å². The van der Waals surface area contributed by atoms with Crippen LogP contribution in [0.2, 0.25) is 0 Å². The molecule has 196 valence electrons. The van der Waals surface area contributed by atoms with Crippen molar-refractivity contribution in [3.8, 4) is 0 Å². The zero-order valence-electron chi connectivity index (χ0n) is 24.4. The summed E-state index contributed by atoms with van der Waals surface area (Å²) in [5, 5.41) is 3.29. The monoisotopic (exact) mass is 476 g/mol. The van der Waals surface area contributed by atoms with Crippen LogP contribution >= 0.6 is 0 Å². The van der Waals surface area contributed by atoms with E-state index < -0.39 is 11.1 Å². The van der Waals surface area contributed by atoms with Crippen molar-refractivity contribution in [2.75, 3.05) is 6.54 Å². The molecule has 4 atom stereocenters. The molecular formula is C28H53BN2O3. The van der Waals surface area contributed by atoms with Crippen LogP contribution in [0, 0.1) is 22.7 Å². The molecule has 0 saturated carbocycles. The Hall–Kier alpha value is -1.01. The number of ketones is 1. The number of hydrogen-bond acceptors (Lipinski definition) is 5. The second-order valence-corrected chi connectivity index (χ2v) is 13.7. The van der Waals surface area contributed by atoms with E-state index in [0.29, 0.717) is 18.8 Å². The van der Waals surface area contributed by atoms with Crippen molar-refractivity contribution < 1.29 is 14.4 Å². The Bertz CT molecular complexity index is 748. The lowest BCUT2D eigenvalue weighted by Gasteiger charge is -2.55. The maximum atomic E-state index is 13.9. The average molecular weight is 477 g/mol. The molecule has 0 radical (unpaired) electrons. The molecule has 0 aromatic heterocycles. The van der Waals surface area contributed by atoms with Gasteiger partial charge in [-0.25, -0.2) is 0 Å². The number of carbonyl (C=O) groups excluding carboxylic acids is 3. The van der Waals surface area contributed by atoms with Crippen LogP contribution in [-0.2, 0) is 14.4 Å². The van der Waals surface area contributed by atoms with Crippen LogP contribution in [0.1, 0.15) is 115 Å². The van der Waals surface area contributed by atoms with Crippen LogP contribution in [-0.4, -0.2) is 53.2 Å². The first-order valence-corrected chi connectivity index (χ1v) is 13.3. The first kappa shape index (κ1) is 31.0.